The van der Waals surface area contributed by atoms with E-state index in [1.807, 2.05) is 18.3 Å². The molecule has 0 N–H and O–H groups in total. The molecule has 0 aliphatic carbocycles. The molecule has 0 bridgehead atoms. The van der Waals surface area contributed by atoms with Gasteiger partial charge in [-0.05, 0) is 29.7 Å². The summed E-state index contributed by atoms with van der Waals surface area (Å²) in [6.45, 7) is 2.09. The van der Waals surface area contributed by atoms with Crippen molar-refractivity contribution >= 4 is 11.6 Å². The molecule has 21 heavy (non-hydrogen) atoms. The second kappa shape index (κ2) is 5.92. The van der Waals surface area contributed by atoms with Gasteiger partial charge in [-0.2, -0.15) is 19.7 Å². The van der Waals surface area contributed by atoms with E-state index in [9.17, 15) is 0 Å². The molecule has 3 aromatic rings. The summed E-state index contributed by atoms with van der Waals surface area (Å²) >= 11 is 5.94. The van der Waals surface area contributed by atoms with Crippen LogP contribution in [0.1, 0.15) is 24.0 Å². The molecule has 3 rings (SSSR count). The number of halogens is 1. The average molecular weight is 302 g/mol. The van der Waals surface area contributed by atoms with Crippen LogP contribution in [-0.2, 0) is 12.8 Å². The van der Waals surface area contributed by atoms with Crippen molar-refractivity contribution in [1.82, 2.24) is 34.7 Å². The van der Waals surface area contributed by atoms with Gasteiger partial charge in [0.2, 0.25) is 5.28 Å². The van der Waals surface area contributed by atoms with Crippen molar-refractivity contribution in [3.8, 4) is 5.95 Å². The maximum absolute atomic E-state index is 5.94. The topological polar surface area (TPSA) is 82.3 Å². The van der Waals surface area contributed by atoms with Crippen LogP contribution in [0.15, 0.2) is 31.0 Å². The first-order valence-corrected chi connectivity index (χ1v) is 6.81. The minimum atomic E-state index is 0.121. The zero-order chi connectivity index (χ0) is 14.7. The Balaban J connectivity index is 1.88. The number of hydrogen-bond donors (Lipinski definition) is 0. The molecule has 0 aliphatic heterocycles. The lowest BCUT2D eigenvalue weighted by atomic mass is 10.2. The van der Waals surface area contributed by atoms with Gasteiger partial charge in [0.1, 0.15) is 18.5 Å². The first kappa shape index (κ1) is 13.6. The van der Waals surface area contributed by atoms with E-state index in [0.29, 0.717) is 18.2 Å². The van der Waals surface area contributed by atoms with E-state index in [2.05, 4.69) is 36.9 Å². The summed E-state index contributed by atoms with van der Waals surface area (Å²) in [5.41, 5.74) is 2.06. The molecule has 8 heteroatoms. The predicted octanol–water partition coefficient (Wildman–Crippen LogP) is 1.65. The number of pyridine rings is 1. The minimum Gasteiger partial charge on any atom is -0.261 e. The molecule has 0 amide bonds. The Hall–Kier alpha value is -2.41. The lowest BCUT2D eigenvalue weighted by Crippen LogP contribution is -2.08. The highest BCUT2D eigenvalue weighted by atomic mass is 35.5. The zero-order valence-electron chi connectivity index (χ0n) is 11.3. The van der Waals surface area contributed by atoms with Crippen molar-refractivity contribution in [2.45, 2.75) is 19.8 Å². The van der Waals surface area contributed by atoms with Gasteiger partial charge in [-0.3, -0.25) is 4.98 Å². The molecule has 7 nitrogen and oxygen atoms in total. The van der Waals surface area contributed by atoms with Crippen molar-refractivity contribution in [1.29, 1.82) is 0 Å². The highest BCUT2D eigenvalue weighted by Crippen LogP contribution is 2.09. The average Bonchev–Trinajstić information content (AvgIpc) is 3.02. The number of aryl methyl sites for hydroxylation is 1. The molecule has 0 radical (unpaired) electrons. The van der Waals surface area contributed by atoms with Crippen molar-refractivity contribution in [2.75, 3.05) is 0 Å². The number of aromatic nitrogens is 7. The molecule has 3 heterocycles. The Labute approximate surface area is 126 Å². The fourth-order valence-corrected chi connectivity index (χ4v) is 1.98. The Kier molecular flexibility index (Phi) is 3.83. The SMILES string of the molecule is CCc1ccc(Cc2nc(Cl)nc(-n3cncn3)n2)nc1. The first-order chi connectivity index (χ1) is 10.2. The number of hydrogen-bond acceptors (Lipinski definition) is 6. The molecule has 106 valence electrons. The van der Waals surface area contributed by atoms with E-state index in [-0.39, 0.29) is 5.28 Å². The quantitative estimate of drug-likeness (QED) is 0.729. The van der Waals surface area contributed by atoms with Gasteiger partial charge in [-0.1, -0.05) is 13.0 Å². The maximum atomic E-state index is 5.94. The summed E-state index contributed by atoms with van der Waals surface area (Å²) < 4.78 is 1.44. The summed E-state index contributed by atoms with van der Waals surface area (Å²) in [5.74, 6) is 0.880. The standard InChI is InChI=1S/C13H12ClN7/c1-2-9-3-4-10(16-6-9)5-11-18-12(14)20-13(19-11)21-8-15-7-17-21/h3-4,6-8H,2,5H2,1H3. The van der Waals surface area contributed by atoms with Gasteiger partial charge in [0.05, 0.1) is 6.42 Å². The Morgan fingerprint density at radius 3 is 2.76 bits per heavy atom. The van der Waals surface area contributed by atoms with Gasteiger partial charge in [-0.15, -0.1) is 0 Å². The molecule has 0 aromatic carbocycles. The predicted molar refractivity (Wildman–Crippen MR) is 76.2 cm³/mol. The summed E-state index contributed by atoms with van der Waals surface area (Å²) in [5, 5.41) is 4.10. The summed E-state index contributed by atoms with van der Waals surface area (Å²) in [7, 11) is 0. The maximum Gasteiger partial charge on any atom is 0.256 e. The highest BCUT2D eigenvalue weighted by molar-refractivity contribution is 6.28. The van der Waals surface area contributed by atoms with Crippen molar-refractivity contribution < 1.29 is 0 Å². The minimum absolute atomic E-state index is 0.121. The van der Waals surface area contributed by atoms with Gasteiger partial charge >= 0.3 is 0 Å². The van der Waals surface area contributed by atoms with Crippen LogP contribution in [0.25, 0.3) is 5.95 Å². The van der Waals surface area contributed by atoms with Crippen LogP contribution in [0.3, 0.4) is 0 Å². The largest absolute Gasteiger partial charge is 0.261 e. The molecule has 0 unspecified atom stereocenters. The van der Waals surface area contributed by atoms with E-state index in [0.717, 1.165) is 12.1 Å². The highest BCUT2D eigenvalue weighted by Gasteiger charge is 2.09. The molecular weight excluding hydrogens is 290 g/mol. The molecule has 0 spiro atoms. The van der Waals surface area contributed by atoms with Crippen LogP contribution in [0.2, 0.25) is 5.28 Å². The van der Waals surface area contributed by atoms with Crippen LogP contribution >= 0.6 is 11.6 Å². The monoisotopic (exact) mass is 301 g/mol. The lowest BCUT2D eigenvalue weighted by Gasteiger charge is -2.04. The van der Waals surface area contributed by atoms with Crippen molar-refractivity contribution in [3.05, 3.63) is 53.3 Å². The van der Waals surface area contributed by atoms with Crippen LogP contribution in [0, 0.1) is 0 Å². The molecule has 0 saturated heterocycles. The third kappa shape index (κ3) is 3.19. The van der Waals surface area contributed by atoms with E-state index >= 15 is 0 Å². The summed E-state index contributed by atoms with van der Waals surface area (Å²) in [4.78, 5) is 20.7. The van der Waals surface area contributed by atoms with E-state index in [1.54, 1.807) is 0 Å². The van der Waals surface area contributed by atoms with Crippen molar-refractivity contribution in [3.63, 3.8) is 0 Å². The summed E-state index contributed by atoms with van der Waals surface area (Å²) in [6.07, 6.45) is 6.21. The summed E-state index contributed by atoms with van der Waals surface area (Å²) in [6, 6.07) is 4.01. The van der Waals surface area contributed by atoms with Crippen LogP contribution in [0.5, 0.6) is 0 Å². The van der Waals surface area contributed by atoms with E-state index in [1.165, 1.54) is 22.9 Å². The van der Waals surface area contributed by atoms with Gasteiger partial charge in [-0.25, -0.2) is 9.97 Å². The van der Waals surface area contributed by atoms with Crippen molar-refractivity contribution in [2.24, 2.45) is 0 Å². The van der Waals surface area contributed by atoms with Gasteiger partial charge in [0.25, 0.3) is 5.95 Å². The Bertz CT molecular complexity index is 725. The molecule has 0 saturated carbocycles. The second-order valence-electron chi connectivity index (χ2n) is 4.35. The van der Waals surface area contributed by atoms with E-state index in [4.69, 9.17) is 11.6 Å². The number of rotatable bonds is 4. The van der Waals surface area contributed by atoms with Gasteiger partial charge < -0.3 is 0 Å². The third-order valence-electron chi connectivity index (χ3n) is 2.90. The first-order valence-electron chi connectivity index (χ1n) is 6.44. The molecular formula is C13H12ClN7. The fraction of sp³-hybridized carbons (Fsp3) is 0.231. The smallest absolute Gasteiger partial charge is 0.256 e. The van der Waals surface area contributed by atoms with E-state index < -0.39 is 0 Å². The van der Waals surface area contributed by atoms with Gasteiger partial charge in [0.15, 0.2) is 0 Å². The van der Waals surface area contributed by atoms with Crippen LogP contribution in [-0.4, -0.2) is 34.7 Å². The van der Waals surface area contributed by atoms with Crippen LogP contribution in [0.4, 0.5) is 0 Å². The van der Waals surface area contributed by atoms with Gasteiger partial charge in [0, 0.05) is 11.9 Å². The molecule has 0 aliphatic rings. The fourth-order valence-electron chi connectivity index (χ4n) is 1.80. The Morgan fingerprint density at radius 1 is 1.19 bits per heavy atom. The molecule has 0 atom stereocenters. The third-order valence-corrected chi connectivity index (χ3v) is 3.07. The number of nitrogens with zero attached hydrogens (tertiary/aromatic N) is 7. The van der Waals surface area contributed by atoms with Crippen LogP contribution < -0.4 is 0 Å². The second-order valence-corrected chi connectivity index (χ2v) is 4.69. The lowest BCUT2D eigenvalue weighted by molar-refractivity contribution is 0.768. The molecule has 0 fully saturated rings. The normalized spacial score (nSPS) is 10.8. The zero-order valence-corrected chi connectivity index (χ0v) is 12.1. The Morgan fingerprint density at radius 2 is 2.10 bits per heavy atom. The molecule has 3 aromatic heterocycles.